The van der Waals surface area contributed by atoms with E-state index >= 15 is 0 Å². The molecule has 1 rings (SSSR count). The average molecular weight is 297 g/mol. The minimum absolute atomic E-state index is 0.360. The average Bonchev–Trinajstić information content (AvgIpc) is 2.46. The molecule has 0 bridgehead atoms. The van der Waals surface area contributed by atoms with Gasteiger partial charge in [0.15, 0.2) is 0 Å². The summed E-state index contributed by atoms with van der Waals surface area (Å²) in [7, 11) is 0. The maximum atomic E-state index is 5.57. The highest BCUT2D eigenvalue weighted by Crippen LogP contribution is 2.11. The first-order chi connectivity index (χ1) is 9.69. The first-order valence-corrected chi connectivity index (χ1v) is 7.26. The third-order valence-corrected chi connectivity index (χ3v) is 3.01. The van der Waals surface area contributed by atoms with E-state index in [0.29, 0.717) is 31.4 Å². The van der Waals surface area contributed by atoms with Gasteiger partial charge in [-0.2, -0.15) is 0 Å². The molecule has 2 N–H and O–H groups in total. The monoisotopic (exact) mass is 297 g/mol. The molecule has 0 aromatic carbocycles. The quantitative estimate of drug-likeness (QED) is 0.523. The van der Waals surface area contributed by atoms with E-state index in [-0.39, 0.29) is 0 Å². The molecule has 0 aliphatic heterocycles. The van der Waals surface area contributed by atoms with Crippen LogP contribution in [-0.4, -0.2) is 49.5 Å². The van der Waals surface area contributed by atoms with Crippen molar-refractivity contribution in [2.45, 2.75) is 13.8 Å². The number of aromatic nitrogens is 1. The first kappa shape index (κ1) is 16.8. The fourth-order valence-corrected chi connectivity index (χ4v) is 1.82. The SMILES string of the molecule is CCOCCN(CCOCC)c1ccc(C(N)=S)cn1. The first-order valence-electron chi connectivity index (χ1n) is 6.85. The molecule has 6 heteroatoms. The lowest BCUT2D eigenvalue weighted by Gasteiger charge is -2.23. The number of nitrogens with zero attached hydrogens (tertiary/aromatic N) is 2. The van der Waals surface area contributed by atoms with Crippen LogP contribution in [0.15, 0.2) is 18.3 Å². The maximum Gasteiger partial charge on any atom is 0.128 e. The summed E-state index contributed by atoms with van der Waals surface area (Å²) in [5.74, 6) is 0.879. The van der Waals surface area contributed by atoms with Crippen LogP contribution >= 0.6 is 12.2 Å². The molecule has 5 nitrogen and oxygen atoms in total. The minimum atomic E-state index is 0.360. The number of thiocarbonyl (C=S) groups is 1. The van der Waals surface area contributed by atoms with Crippen LogP contribution in [0.25, 0.3) is 0 Å². The number of pyridine rings is 1. The summed E-state index contributed by atoms with van der Waals surface area (Å²) in [6.07, 6.45) is 1.70. The van der Waals surface area contributed by atoms with E-state index in [9.17, 15) is 0 Å². The minimum Gasteiger partial charge on any atom is -0.389 e. The van der Waals surface area contributed by atoms with Gasteiger partial charge in [-0.3, -0.25) is 0 Å². The zero-order valence-corrected chi connectivity index (χ0v) is 13.0. The number of rotatable bonds is 10. The van der Waals surface area contributed by atoms with Gasteiger partial charge in [-0.05, 0) is 26.0 Å². The van der Waals surface area contributed by atoms with Crippen LogP contribution in [0.5, 0.6) is 0 Å². The van der Waals surface area contributed by atoms with Gasteiger partial charge in [-0.25, -0.2) is 4.98 Å². The van der Waals surface area contributed by atoms with Crippen molar-refractivity contribution in [3.05, 3.63) is 23.9 Å². The van der Waals surface area contributed by atoms with Crippen LogP contribution in [0.4, 0.5) is 5.82 Å². The van der Waals surface area contributed by atoms with Crippen LogP contribution in [0.2, 0.25) is 0 Å². The van der Waals surface area contributed by atoms with Crippen LogP contribution in [0.1, 0.15) is 19.4 Å². The molecule has 0 unspecified atom stereocenters. The van der Waals surface area contributed by atoms with Crippen LogP contribution in [0, 0.1) is 0 Å². The van der Waals surface area contributed by atoms with Crippen molar-refractivity contribution < 1.29 is 9.47 Å². The maximum absolute atomic E-state index is 5.57. The molecular weight excluding hydrogens is 274 g/mol. The Balaban J connectivity index is 2.66. The molecule has 0 atom stereocenters. The second-order valence-corrected chi connectivity index (χ2v) is 4.59. The van der Waals surface area contributed by atoms with Gasteiger partial charge in [-0.1, -0.05) is 12.2 Å². The van der Waals surface area contributed by atoms with Crippen LogP contribution in [-0.2, 0) is 9.47 Å². The van der Waals surface area contributed by atoms with Gasteiger partial charge in [0, 0.05) is 38.1 Å². The highest BCUT2D eigenvalue weighted by Gasteiger charge is 2.08. The molecule has 0 radical (unpaired) electrons. The Hall–Kier alpha value is -1.24. The second kappa shape index (κ2) is 9.63. The predicted octanol–water partition coefficient (Wildman–Crippen LogP) is 1.60. The van der Waals surface area contributed by atoms with Gasteiger partial charge in [0.05, 0.1) is 13.2 Å². The zero-order chi connectivity index (χ0) is 14.8. The Morgan fingerprint density at radius 3 is 2.20 bits per heavy atom. The molecule has 1 aromatic heterocycles. The zero-order valence-electron chi connectivity index (χ0n) is 12.2. The fraction of sp³-hybridized carbons (Fsp3) is 0.571. The summed E-state index contributed by atoms with van der Waals surface area (Å²) in [6.45, 7) is 8.29. The van der Waals surface area contributed by atoms with Crippen molar-refractivity contribution in [3.63, 3.8) is 0 Å². The normalized spacial score (nSPS) is 10.5. The summed E-state index contributed by atoms with van der Waals surface area (Å²) >= 11 is 4.93. The Labute approximate surface area is 126 Å². The Kier molecular flexibility index (Phi) is 8.10. The van der Waals surface area contributed by atoms with E-state index < -0.39 is 0 Å². The number of anilines is 1. The third-order valence-electron chi connectivity index (χ3n) is 2.78. The van der Waals surface area contributed by atoms with Crippen molar-refractivity contribution in [2.24, 2.45) is 5.73 Å². The highest BCUT2D eigenvalue weighted by atomic mass is 32.1. The van der Waals surface area contributed by atoms with E-state index in [0.717, 1.165) is 24.5 Å². The number of hydrogen-bond donors (Lipinski definition) is 1. The van der Waals surface area contributed by atoms with Gasteiger partial charge in [0.2, 0.25) is 0 Å². The lowest BCUT2D eigenvalue weighted by molar-refractivity contribution is 0.141. The lowest BCUT2D eigenvalue weighted by Crippen LogP contribution is -2.32. The number of ether oxygens (including phenoxy) is 2. The topological polar surface area (TPSA) is 60.6 Å². The van der Waals surface area contributed by atoms with Crippen molar-refractivity contribution in [3.8, 4) is 0 Å². The molecule has 0 fully saturated rings. The highest BCUT2D eigenvalue weighted by molar-refractivity contribution is 7.80. The van der Waals surface area contributed by atoms with E-state index in [4.69, 9.17) is 27.4 Å². The molecule has 1 aromatic rings. The van der Waals surface area contributed by atoms with Gasteiger partial charge >= 0.3 is 0 Å². The molecule has 112 valence electrons. The summed E-state index contributed by atoms with van der Waals surface area (Å²) in [4.78, 5) is 6.90. The molecule has 0 saturated heterocycles. The molecule has 0 spiro atoms. The Bertz CT molecular complexity index is 388. The van der Waals surface area contributed by atoms with E-state index in [1.54, 1.807) is 6.20 Å². The predicted molar refractivity (Wildman–Crippen MR) is 85.3 cm³/mol. The van der Waals surface area contributed by atoms with E-state index in [2.05, 4.69) is 9.88 Å². The summed E-state index contributed by atoms with van der Waals surface area (Å²) in [5, 5.41) is 0. The molecule has 20 heavy (non-hydrogen) atoms. The molecule has 0 amide bonds. The lowest BCUT2D eigenvalue weighted by atomic mass is 10.3. The molecule has 1 heterocycles. The van der Waals surface area contributed by atoms with Crippen molar-refractivity contribution in [1.29, 1.82) is 0 Å². The van der Waals surface area contributed by atoms with E-state index in [1.165, 1.54) is 0 Å². The van der Waals surface area contributed by atoms with Crippen molar-refractivity contribution in [1.82, 2.24) is 4.98 Å². The van der Waals surface area contributed by atoms with Gasteiger partial charge < -0.3 is 20.1 Å². The van der Waals surface area contributed by atoms with Crippen LogP contribution in [0.3, 0.4) is 0 Å². The van der Waals surface area contributed by atoms with Crippen molar-refractivity contribution >= 4 is 23.0 Å². The fourth-order valence-electron chi connectivity index (χ4n) is 1.70. The third kappa shape index (κ3) is 5.81. The van der Waals surface area contributed by atoms with E-state index in [1.807, 2.05) is 26.0 Å². The smallest absolute Gasteiger partial charge is 0.128 e. The standard InChI is InChI=1S/C14H23N3O2S/c1-3-18-9-7-17(8-10-19-4-2)13-6-5-12(11-16-13)14(15)20/h5-6,11H,3-4,7-10H2,1-2H3,(H2,15,20). The van der Waals surface area contributed by atoms with Crippen molar-refractivity contribution in [2.75, 3.05) is 44.4 Å². The number of nitrogens with two attached hydrogens (primary N) is 1. The molecule has 0 aliphatic rings. The summed E-state index contributed by atoms with van der Waals surface area (Å²) in [5.41, 5.74) is 6.35. The summed E-state index contributed by atoms with van der Waals surface area (Å²) in [6, 6.07) is 3.81. The largest absolute Gasteiger partial charge is 0.389 e. The Morgan fingerprint density at radius 2 is 1.80 bits per heavy atom. The molecule has 0 saturated carbocycles. The molecule has 0 aliphatic carbocycles. The van der Waals surface area contributed by atoms with Gasteiger partial charge in [0.25, 0.3) is 0 Å². The van der Waals surface area contributed by atoms with Gasteiger partial charge in [-0.15, -0.1) is 0 Å². The second-order valence-electron chi connectivity index (χ2n) is 4.15. The van der Waals surface area contributed by atoms with Gasteiger partial charge in [0.1, 0.15) is 10.8 Å². The number of hydrogen-bond acceptors (Lipinski definition) is 5. The Morgan fingerprint density at radius 1 is 1.20 bits per heavy atom. The molecular formula is C14H23N3O2S. The summed E-state index contributed by atoms with van der Waals surface area (Å²) < 4.78 is 10.8. The van der Waals surface area contributed by atoms with Crippen LogP contribution < -0.4 is 10.6 Å².